The van der Waals surface area contributed by atoms with Crippen LogP contribution in [0.1, 0.15) is 16.1 Å². The van der Waals surface area contributed by atoms with Gasteiger partial charge in [0.2, 0.25) is 11.8 Å². The highest BCUT2D eigenvalue weighted by atomic mass is 16.5. The van der Waals surface area contributed by atoms with Gasteiger partial charge in [0.25, 0.3) is 0 Å². The molecular weight excluding hydrogens is 236 g/mol. The highest BCUT2D eigenvalue weighted by Gasteiger charge is 2.13. The molecule has 0 fully saturated rings. The summed E-state index contributed by atoms with van der Waals surface area (Å²) in [5.41, 5.74) is 6.91. The Morgan fingerprint density at radius 1 is 1.39 bits per heavy atom. The van der Waals surface area contributed by atoms with Crippen molar-refractivity contribution in [3.8, 4) is 11.8 Å². The lowest BCUT2D eigenvalue weighted by molar-refractivity contribution is 0.0601. The number of aromatic nitrogens is 3. The lowest BCUT2D eigenvalue weighted by Crippen LogP contribution is -2.06. The molecule has 0 radical (unpaired) electrons. The number of aromatic amines is 1. The van der Waals surface area contributed by atoms with Gasteiger partial charge in [-0.2, -0.15) is 0 Å². The van der Waals surface area contributed by atoms with Crippen LogP contribution in [0.25, 0.3) is 0 Å². The molecule has 0 amide bonds. The minimum Gasteiger partial charge on any atom is -0.465 e. The topological polar surface area (TPSA) is 103 Å². The maximum Gasteiger partial charge on any atom is 0.340 e. The van der Waals surface area contributed by atoms with Crippen LogP contribution in [0.15, 0.2) is 18.3 Å². The molecule has 0 aliphatic rings. The van der Waals surface area contributed by atoms with Gasteiger partial charge in [-0.15, -0.1) is 5.10 Å². The SMILES string of the molecule is COC(=O)c1cc(Oc2cc(C)[nH]n2)ncc1N. The Morgan fingerprint density at radius 3 is 2.78 bits per heavy atom. The molecule has 0 saturated heterocycles. The summed E-state index contributed by atoms with van der Waals surface area (Å²) in [5.74, 6) is 0.0367. The summed E-state index contributed by atoms with van der Waals surface area (Å²) in [7, 11) is 1.28. The molecule has 0 aliphatic heterocycles. The van der Waals surface area contributed by atoms with Gasteiger partial charge >= 0.3 is 5.97 Å². The van der Waals surface area contributed by atoms with E-state index in [4.69, 9.17) is 10.5 Å². The normalized spacial score (nSPS) is 10.1. The average molecular weight is 248 g/mol. The summed E-state index contributed by atoms with van der Waals surface area (Å²) in [6.45, 7) is 1.84. The molecule has 0 unspecified atom stereocenters. The van der Waals surface area contributed by atoms with Crippen LogP contribution in [0.5, 0.6) is 11.8 Å². The summed E-state index contributed by atoms with van der Waals surface area (Å²) < 4.78 is 9.98. The lowest BCUT2D eigenvalue weighted by atomic mass is 10.2. The largest absolute Gasteiger partial charge is 0.465 e. The molecule has 0 aromatic carbocycles. The molecule has 0 bridgehead atoms. The molecule has 7 heteroatoms. The van der Waals surface area contributed by atoms with Gasteiger partial charge in [-0.1, -0.05) is 0 Å². The van der Waals surface area contributed by atoms with E-state index in [-0.39, 0.29) is 17.1 Å². The van der Waals surface area contributed by atoms with Crippen molar-refractivity contribution in [1.82, 2.24) is 15.2 Å². The number of carbonyl (C=O) groups is 1. The van der Waals surface area contributed by atoms with Crippen molar-refractivity contribution in [1.29, 1.82) is 0 Å². The van der Waals surface area contributed by atoms with Gasteiger partial charge in [0.15, 0.2) is 0 Å². The van der Waals surface area contributed by atoms with E-state index in [1.165, 1.54) is 19.4 Å². The quantitative estimate of drug-likeness (QED) is 0.793. The van der Waals surface area contributed by atoms with Crippen molar-refractivity contribution in [2.45, 2.75) is 6.92 Å². The Labute approximate surface area is 103 Å². The minimum atomic E-state index is -0.544. The van der Waals surface area contributed by atoms with E-state index in [9.17, 15) is 4.79 Å². The summed E-state index contributed by atoms with van der Waals surface area (Å²) >= 11 is 0. The molecule has 7 nitrogen and oxygen atoms in total. The van der Waals surface area contributed by atoms with Crippen molar-refractivity contribution >= 4 is 11.7 Å². The first-order chi connectivity index (χ1) is 8.60. The third kappa shape index (κ3) is 2.40. The number of esters is 1. The van der Waals surface area contributed by atoms with E-state index in [1.54, 1.807) is 6.07 Å². The van der Waals surface area contributed by atoms with Crippen molar-refractivity contribution in [2.24, 2.45) is 0 Å². The van der Waals surface area contributed by atoms with Crippen LogP contribution >= 0.6 is 0 Å². The maximum atomic E-state index is 11.4. The van der Waals surface area contributed by atoms with Gasteiger partial charge in [0.05, 0.1) is 24.6 Å². The van der Waals surface area contributed by atoms with Crippen LogP contribution in [-0.2, 0) is 4.74 Å². The molecule has 18 heavy (non-hydrogen) atoms. The van der Waals surface area contributed by atoms with Gasteiger partial charge in [-0.3, -0.25) is 5.10 Å². The van der Waals surface area contributed by atoms with Crippen LogP contribution in [0.3, 0.4) is 0 Å². The molecule has 2 aromatic heterocycles. The number of hydrogen-bond acceptors (Lipinski definition) is 6. The fourth-order valence-electron chi connectivity index (χ4n) is 1.34. The number of aryl methyl sites for hydroxylation is 1. The number of nitrogens with zero attached hydrogens (tertiary/aromatic N) is 2. The monoisotopic (exact) mass is 248 g/mol. The second kappa shape index (κ2) is 4.74. The highest BCUT2D eigenvalue weighted by molar-refractivity contribution is 5.95. The number of anilines is 1. The molecular formula is C11H12N4O3. The first-order valence-corrected chi connectivity index (χ1v) is 5.14. The molecule has 0 spiro atoms. The van der Waals surface area contributed by atoms with E-state index < -0.39 is 5.97 Å². The molecule has 0 aliphatic carbocycles. The lowest BCUT2D eigenvalue weighted by Gasteiger charge is -2.05. The predicted octanol–water partition coefficient (Wildman–Crippen LogP) is 1.27. The number of nitrogens with two attached hydrogens (primary N) is 1. The number of H-pyrrole nitrogens is 1. The molecule has 2 rings (SSSR count). The van der Waals surface area contributed by atoms with Gasteiger partial charge < -0.3 is 15.2 Å². The molecule has 0 atom stereocenters. The summed E-state index contributed by atoms with van der Waals surface area (Å²) in [4.78, 5) is 15.4. The summed E-state index contributed by atoms with van der Waals surface area (Å²) in [5, 5.41) is 6.62. The van der Waals surface area contributed by atoms with Crippen molar-refractivity contribution in [2.75, 3.05) is 12.8 Å². The van der Waals surface area contributed by atoms with Crippen LogP contribution in [-0.4, -0.2) is 28.3 Å². The third-order valence-corrected chi connectivity index (χ3v) is 2.21. The first kappa shape index (κ1) is 11.9. The number of nitrogens with one attached hydrogen (secondary N) is 1. The fourth-order valence-corrected chi connectivity index (χ4v) is 1.34. The number of nitrogen functional groups attached to an aromatic ring is 1. The molecule has 0 saturated carbocycles. The number of rotatable bonds is 3. The zero-order valence-corrected chi connectivity index (χ0v) is 9.93. The molecule has 94 valence electrons. The van der Waals surface area contributed by atoms with Crippen molar-refractivity contribution in [3.63, 3.8) is 0 Å². The Balaban J connectivity index is 2.27. The first-order valence-electron chi connectivity index (χ1n) is 5.14. The van der Waals surface area contributed by atoms with E-state index in [0.29, 0.717) is 5.88 Å². The number of methoxy groups -OCH3 is 1. The van der Waals surface area contributed by atoms with Crippen molar-refractivity contribution in [3.05, 3.63) is 29.6 Å². The number of pyridine rings is 1. The van der Waals surface area contributed by atoms with E-state index in [0.717, 1.165) is 5.69 Å². The second-order valence-corrected chi connectivity index (χ2v) is 3.59. The Hall–Kier alpha value is -2.57. The second-order valence-electron chi connectivity index (χ2n) is 3.59. The van der Waals surface area contributed by atoms with Crippen LogP contribution in [0.4, 0.5) is 5.69 Å². The molecule has 3 N–H and O–H groups in total. The molecule has 2 aromatic rings. The zero-order chi connectivity index (χ0) is 13.1. The number of hydrogen-bond donors (Lipinski definition) is 2. The van der Waals surface area contributed by atoms with Crippen LogP contribution in [0.2, 0.25) is 0 Å². The highest BCUT2D eigenvalue weighted by Crippen LogP contribution is 2.21. The average Bonchev–Trinajstić information content (AvgIpc) is 2.76. The number of carbonyl (C=O) groups excluding carboxylic acids is 1. The van der Waals surface area contributed by atoms with Gasteiger partial charge in [-0.25, -0.2) is 9.78 Å². The summed E-state index contributed by atoms with van der Waals surface area (Å²) in [6.07, 6.45) is 1.33. The molecule has 2 heterocycles. The zero-order valence-electron chi connectivity index (χ0n) is 9.93. The van der Waals surface area contributed by atoms with Gasteiger partial charge in [0, 0.05) is 17.8 Å². The minimum absolute atomic E-state index is 0.203. The Morgan fingerprint density at radius 2 is 2.17 bits per heavy atom. The van der Waals surface area contributed by atoms with E-state index >= 15 is 0 Å². The predicted molar refractivity (Wildman–Crippen MR) is 63.4 cm³/mol. The Bertz CT molecular complexity index is 579. The van der Waals surface area contributed by atoms with E-state index in [1.807, 2.05) is 6.92 Å². The standard InChI is InChI=1S/C11H12N4O3/c1-6-3-10(15-14-6)18-9-4-7(11(16)17-2)8(12)5-13-9/h3-5H,12H2,1-2H3,(H,14,15). The van der Waals surface area contributed by atoms with Gasteiger partial charge in [-0.05, 0) is 6.92 Å². The Kier molecular flexibility index (Phi) is 3.13. The maximum absolute atomic E-state index is 11.4. The third-order valence-electron chi connectivity index (χ3n) is 2.21. The number of ether oxygens (including phenoxy) is 2. The smallest absolute Gasteiger partial charge is 0.340 e. The van der Waals surface area contributed by atoms with Crippen LogP contribution < -0.4 is 10.5 Å². The van der Waals surface area contributed by atoms with Crippen molar-refractivity contribution < 1.29 is 14.3 Å². The van der Waals surface area contributed by atoms with Crippen LogP contribution in [0, 0.1) is 6.92 Å². The van der Waals surface area contributed by atoms with E-state index in [2.05, 4.69) is 19.9 Å². The van der Waals surface area contributed by atoms with Gasteiger partial charge in [0.1, 0.15) is 0 Å². The fraction of sp³-hybridized carbons (Fsp3) is 0.182. The summed E-state index contributed by atoms with van der Waals surface area (Å²) in [6, 6.07) is 3.11.